The number of halogens is 2. The van der Waals surface area contributed by atoms with Crippen molar-refractivity contribution in [2.45, 2.75) is 38.5 Å². The number of anilines is 1. The quantitative estimate of drug-likeness (QED) is 0.862. The normalized spacial score (nSPS) is 17.2. The lowest BCUT2D eigenvalue weighted by molar-refractivity contribution is -0.153. The highest BCUT2D eigenvalue weighted by Crippen LogP contribution is 2.40. The van der Waals surface area contributed by atoms with Gasteiger partial charge in [0.25, 0.3) is 0 Å². The average Bonchev–Trinajstić information content (AvgIpc) is 2.37. The maximum Gasteiger partial charge on any atom is 0.310 e. The Morgan fingerprint density at radius 1 is 1.10 bits per heavy atom. The van der Waals surface area contributed by atoms with Gasteiger partial charge in [0.05, 0.1) is 5.41 Å². The molecule has 0 aromatic heterocycles. The molecular weight excluding hydrogens is 313 g/mol. The zero-order chi connectivity index (χ0) is 15.5. The van der Waals surface area contributed by atoms with E-state index in [2.05, 4.69) is 5.32 Å². The van der Waals surface area contributed by atoms with Crippen molar-refractivity contribution in [2.24, 2.45) is 5.41 Å². The third-order valence-corrected chi connectivity index (χ3v) is 4.35. The van der Waals surface area contributed by atoms with E-state index in [9.17, 15) is 14.7 Å². The topological polar surface area (TPSA) is 66.4 Å². The predicted molar refractivity (Wildman–Crippen MR) is 82.9 cm³/mol. The number of hydrogen-bond acceptors (Lipinski definition) is 2. The zero-order valence-corrected chi connectivity index (χ0v) is 13.0. The van der Waals surface area contributed by atoms with Gasteiger partial charge in [0.1, 0.15) is 0 Å². The number of carboxylic acid groups (broad SMARTS) is 1. The predicted octanol–water partition coefficient (Wildman–Crippen LogP) is 4.36. The fourth-order valence-corrected chi connectivity index (χ4v) is 3.36. The number of carbonyl (C=O) groups is 2. The highest BCUT2D eigenvalue weighted by molar-refractivity contribution is 6.35. The Hall–Kier alpha value is -1.26. The fraction of sp³-hybridized carbons (Fsp3) is 0.467. The summed E-state index contributed by atoms with van der Waals surface area (Å²) in [6.45, 7) is 0. The van der Waals surface area contributed by atoms with Crippen LogP contribution >= 0.6 is 23.2 Å². The molecule has 2 rings (SSSR count). The second-order valence-corrected chi connectivity index (χ2v) is 6.40. The summed E-state index contributed by atoms with van der Waals surface area (Å²) >= 11 is 11.7. The van der Waals surface area contributed by atoms with Crippen LogP contribution in [-0.4, -0.2) is 17.0 Å². The van der Waals surface area contributed by atoms with Crippen molar-refractivity contribution in [3.05, 3.63) is 28.2 Å². The average molecular weight is 330 g/mol. The Balaban J connectivity index is 2.07. The van der Waals surface area contributed by atoms with Crippen LogP contribution in [0.5, 0.6) is 0 Å². The molecule has 1 fully saturated rings. The molecule has 0 radical (unpaired) electrons. The van der Waals surface area contributed by atoms with Gasteiger partial charge in [0.15, 0.2) is 0 Å². The van der Waals surface area contributed by atoms with Gasteiger partial charge in [0, 0.05) is 22.2 Å². The van der Waals surface area contributed by atoms with Crippen molar-refractivity contribution in [3.8, 4) is 0 Å². The molecule has 0 spiro atoms. The minimum atomic E-state index is -0.940. The number of nitrogens with one attached hydrogen (secondary N) is 1. The molecule has 4 nitrogen and oxygen atoms in total. The molecule has 1 aliphatic carbocycles. The summed E-state index contributed by atoms with van der Waals surface area (Å²) < 4.78 is 0. The summed E-state index contributed by atoms with van der Waals surface area (Å²) in [6.07, 6.45) is 3.80. The standard InChI is InChI=1S/C15H17Cl2NO3/c16-10-6-11(17)8-12(7-10)18-13(19)9-15(14(20)21)4-2-1-3-5-15/h6-8H,1-5,9H2,(H,18,19)(H,20,21). The summed E-state index contributed by atoms with van der Waals surface area (Å²) in [5.74, 6) is -1.21. The molecule has 1 aromatic carbocycles. The first-order chi connectivity index (χ1) is 9.91. The zero-order valence-electron chi connectivity index (χ0n) is 11.5. The second kappa shape index (κ2) is 6.67. The van der Waals surface area contributed by atoms with Crippen molar-refractivity contribution >= 4 is 40.8 Å². The molecule has 2 N–H and O–H groups in total. The number of carbonyl (C=O) groups excluding carboxylic acids is 1. The molecule has 0 saturated heterocycles. The van der Waals surface area contributed by atoms with Crippen molar-refractivity contribution in [1.29, 1.82) is 0 Å². The van der Waals surface area contributed by atoms with Gasteiger partial charge < -0.3 is 10.4 Å². The molecular formula is C15H17Cl2NO3. The number of aliphatic carboxylic acids is 1. The van der Waals surface area contributed by atoms with Gasteiger partial charge >= 0.3 is 5.97 Å². The van der Waals surface area contributed by atoms with E-state index in [1.807, 2.05) is 0 Å². The first-order valence-electron chi connectivity index (χ1n) is 6.91. The molecule has 0 atom stereocenters. The van der Waals surface area contributed by atoms with Gasteiger partial charge in [-0.1, -0.05) is 42.5 Å². The van der Waals surface area contributed by atoms with Crippen LogP contribution in [0.1, 0.15) is 38.5 Å². The van der Waals surface area contributed by atoms with Gasteiger partial charge in [-0.05, 0) is 31.0 Å². The lowest BCUT2D eigenvalue weighted by Crippen LogP contribution is -2.37. The highest BCUT2D eigenvalue weighted by Gasteiger charge is 2.41. The van der Waals surface area contributed by atoms with Crippen LogP contribution in [0.4, 0.5) is 5.69 Å². The van der Waals surface area contributed by atoms with Gasteiger partial charge in [-0.25, -0.2) is 0 Å². The van der Waals surface area contributed by atoms with E-state index in [4.69, 9.17) is 23.2 Å². The van der Waals surface area contributed by atoms with E-state index < -0.39 is 11.4 Å². The van der Waals surface area contributed by atoms with E-state index in [-0.39, 0.29) is 12.3 Å². The highest BCUT2D eigenvalue weighted by atomic mass is 35.5. The molecule has 1 saturated carbocycles. The monoisotopic (exact) mass is 329 g/mol. The SMILES string of the molecule is O=C(CC1(C(=O)O)CCCCC1)Nc1cc(Cl)cc(Cl)c1. The third kappa shape index (κ3) is 4.11. The minimum Gasteiger partial charge on any atom is -0.481 e. The van der Waals surface area contributed by atoms with Crippen LogP contribution in [0.25, 0.3) is 0 Å². The number of amides is 1. The summed E-state index contributed by atoms with van der Waals surface area (Å²) in [4.78, 5) is 23.7. The Kier molecular flexibility index (Phi) is 5.12. The van der Waals surface area contributed by atoms with E-state index in [1.165, 1.54) is 0 Å². The molecule has 0 heterocycles. The van der Waals surface area contributed by atoms with E-state index in [0.717, 1.165) is 19.3 Å². The molecule has 0 bridgehead atoms. The smallest absolute Gasteiger partial charge is 0.310 e. The van der Waals surface area contributed by atoms with Crippen LogP contribution in [-0.2, 0) is 9.59 Å². The lowest BCUT2D eigenvalue weighted by Gasteiger charge is -2.32. The number of benzene rings is 1. The molecule has 114 valence electrons. The van der Waals surface area contributed by atoms with Crippen molar-refractivity contribution in [3.63, 3.8) is 0 Å². The molecule has 0 aliphatic heterocycles. The van der Waals surface area contributed by atoms with Crippen LogP contribution in [0.3, 0.4) is 0 Å². The van der Waals surface area contributed by atoms with E-state index in [1.54, 1.807) is 18.2 Å². The van der Waals surface area contributed by atoms with Crippen LogP contribution in [0, 0.1) is 5.41 Å². The van der Waals surface area contributed by atoms with Gasteiger partial charge in [-0.3, -0.25) is 9.59 Å². The summed E-state index contributed by atoms with van der Waals surface area (Å²) in [5, 5.41) is 13.0. The number of rotatable bonds is 4. The summed E-state index contributed by atoms with van der Waals surface area (Å²) in [7, 11) is 0. The van der Waals surface area contributed by atoms with Crippen molar-refractivity contribution < 1.29 is 14.7 Å². The van der Waals surface area contributed by atoms with Gasteiger partial charge in [-0.15, -0.1) is 0 Å². The van der Waals surface area contributed by atoms with Crippen LogP contribution in [0.15, 0.2) is 18.2 Å². The molecule has 1 amide bonds. The summed E-state index contributed by atoms with van der Waals surface area (Å²) in [6, 6.07) is 4.73. The van der Waals surface area contributed by atoms with Crippen LogP contribution in [0.2, 0.25) is 10.0 Å². The Morgan fingerprint density at radius 2 is 1.67 bits per heavy atom. The van der Waals surface area contributed by atoms with E-state index in [0.29, 0.717) is 28.6 Å². The van der Waals surface area contributed by atoms with Crippen molar-refractivity contribution in [1.82, 2.24) is 0 Å². The largest absolute Gasteiger partial charge is 0.481 e. The number of carboxylic acids is 1. The molecule has 21 heavy (non-hydrogen) atoms. The van der Waals surface area contributed by atoms with Gasteiger partial charge in [0.2, 0.25) is 5.91 Å². The minimum absolute atomic E-state index is 0.0214. The first kappa shape index (κ1) is 16.1. The Labute approximate surface area is 133 Å². The third-order valence-electron chi connectivity index (χ3n) is 3.91. The second-order valence-electron chi connectivity index (χ2n) is 5.53. The Morgan fingerprint density at radius 3 is 2.19 bits per heavy atom. The first-order valence-corrected chi connectivity index (χ1v) is 7.66. The molecule has 0 unspecified atom stereocenters. The molecule has 6 heteroatoms. The summed E-state index contributed by atoms with van der Waals surface area (Å²) in [5.41, 5.74) is -0.459. The lowest BCUT2D eigenvalue weighted by atomic mass is 9.71. The number of hydrogen-bond donors (Lipinski definition) is 2. The molecule has 1 aliphatic rings. The Bertz CT molecular complexity index is 534. The van der Waals surface area contributed by atoms with E-state index >= 15 is 0 Å². The maximum absolute atomic E-state index is 12.2. The fourth-order valence-electron chi connectivity index (χ4n) is 2.83. The van der Waals surface area contributed by atoms with Crippen molar-refractivity contribution in [2.75, 3.05) is 5.32 Å². The molecule has 1 aromatic rings. The maximum atomic E-state index is 12.2. The van der Waals surface area contributed by atoms with Crippen LogP contribution < -0.4 is 5.32 Å². The van der Waals surface area contributed by atoms with Gasteiger partial charge in [-0.2, -0.15) is 0 Å².